The standard InChI is InChI=1S/C25H20ClF2NO5/c1-13-2-3-14(4-17(13)27)33-9-23(32)29-25-10-24(11-25,12-25)8-20(31)22-7-19(30)15-5-16(26)18(28)6-21(15)34-22/h2-7H,8-12H2,1H3,(H,29,32). The van der Waals surface area contributed by atoms with Gasteiger partial charge in [0.15, 0.2) is 23.6 Å². The summed E-state index contributed by atoms with van der Waals surface area (Å²) in [7, 11) is 0. The number of ether oxygens (including phenoxy) is 1. The second-order valence-corrected chi connectivity index (χ2v) is 9.80. The van der Waals surface area contributed by atoms with Crippen LogP contribution in [0.4, 0.5) is 8.78 Å². The van der Waals surface area contributed by atoms with Crippen LogP contribution in [0.2, 0.25) is 5.02 Å². The van der Waals surface area contributed by atoms with E-state index in [0.717, 1.165) is 12.1 Å². The lowest BCUT2D eigenvalue weighted by molar-refractivity contribution is -0.164. The first-order valence-electron chi connectivity index (χ1n) is 10.7. The highest BCUT2D eigenvalue weighted by Gasteiger charge is 2.68. The van der Waals surface area contributed by atoms with Gasteiger partial charge in [-0.15, -0.1) is 0 Å². The van der Waals surface area contributed by atoms with Gasteiger partial charge in [-0.05, 0) is 49.3 Å². The molecular weight excluding hydrogens is 468 g/mol. The maximum absolute atomic E-state index is 13.7. The number of rotatable bonds is 7. The summed E-state index contributed by atoms with van der Waals surface area (Å²) in [4.78, 5) is 37.4. The van der Waals surface area contributed by atoms with Crippen LogP contribution < -0.4 is 15.5 Å². The molecule has 6 rings (SSSR count). The van der Waals surface area contributed by atoms with Crippen LogP contribution in [-0.4, -0.2) is 23.8 Å². The number of carbonyl (C=O) groups excluding carboxylic acids is 2. The summed E-state index contributed by atoms with van der Waals surface area (Å²) < 4.78 is 38.2. The van der Waals surface area contributed by atoms with Gasteiger partial charge in [-0.3, -0.25) is 14.4 Å². The van der Waals surface area contributed by atoms with Crippen LogP contribution in [0.25, 0.3) is 11.0 Å². The number of hydrogen-bond donors (Lipinski definition) is 1. The van der Waals surface area contributed by atoms with Crippen LogP contribution in [0.3, 0.4) is 0 Å². The van der Waals surface area contributed by atoms with Crippen LogP contribution >= 0.6 is 11.6 Å². The SMILES string of the molecule is Cc1ccc(OCC(=O)NC23CC(CC(=O)c4cc(=O)c5cc(Cl)c(F)cc5o4)(C2)C3)cc1F. The van der Waals surface area contributed by atoms with E-state index in [4.69, 9.17) is 20.8 Å². The zero-order chi connectivity index (χ0) is 24.3. The Balaban J connectivity index is 1.17. The minimum absolute atomic E-state index is 0.0347. The van der Waals surface area contributed by atoms with Gasteiger partial charge < -0.3 is 14.5 Å². The third kappa shape index (κ3) is 3.96. The van der Waals surface area contributed by atoms with E-state index in [1.54, 1.807) is 19.1 Å². The molecule has 1 N–H and O–H groups in total. The van der Waals surface area contributed by atoms with E-state index in [-0.39, 0.29) is 63.2 Å². The first-order valence-corrected chi connectivity index (χ1v) is 11.1. The smallest absolute Gasteiger partial charge is 0.258 e. The molecule has 0 unspecified atom stereocenters. The first kappa shape index (κ1) is 22.5. The van der Waals surface area contributed by atoms with Crippen LogP contribution in [-0.2, 0) is 4.79 Å². The number of carbonyl (C=O) groups is 2. The number of amides is 1. The molecule has 0 saturated heterocycles. The van der Waals surface area contributed by atoms with E-state index < -0.39 is 17.1 Å². The molecule has 1 heterocycles. The predicted molar refractivity (Wildman–Crippen MR) is 120 cm³/mol. The number of ketones is 1. The summed E-state index contributed by atoms with van der Waals surface area (Å²) in [6.45, 7) is 1.40. The summed E-state index contributed by atoms with van der Waals surface area (Å²) in [5, 5.41) is 2.85. The predicted octanol–water partition coefficient (Wildman–Crippen LogP) is 4.72. The molecule has 3 aromatic rings. The molecule has 3 fully saturated rings. The molecule has 3 aliphatic rings. The molecule has 1 aromatic heterocycles. The van der Waals surface area contributed by atoms with E-state index in [1.807, 2.05) is 0 Å². The van der Waals surface area contributed by atoms with Gasteiger partial charge in [0.25, 0.3) is 5.91 Å². The third-order valence-electron chi connectivity index (χ3n) is 6.64. The van der Waals surface area contributed by atoms with Crippen LogP contribution in [0.15, 0.2) is 45.6 Å². The third-order valence-corrected chi connectivity index (χ3v) is 6.93. The lowest BCUT2D eigenvalue weighted by Crippen LogP contribution is -2.75. The van der Waals surface area contributed by atoms with E-state index >= 15 is 0 Å². The monoisotopic (exact) mass is 487 g/mol. The van der Waals surface area contributed by atoms with Crippen molar-refractivity contribution in [2.75, 3.05) is 6.61 Å². The topological polar surface area (TPSA) is 85.6 Å². The van der Waals surface area contributed by atoms with Gasteiger partial charge in [-0.1, -0.05) is 17.7 Å². The zero-order valence-corrected chi connectivity index (χ0v) is 18.9. The minimum Gasteiger partial charge on any atom is -0.484 e. The molecule has 0 aliphatic heterocycles. The summed E-state index contributed by atoms with van der Waals surface area (Å²) in [5.74, 6) is -1.66. The molecule has 1 amide bonds. The van der Waals surface area contributed by atoms with Crippen LogP contribution in [0, 0.1) is 24.0 Å². The van der Waals surface area contributed by atoms with Gasteiger partial charge in [0.05, 0.1) is 10.4 Å². The molecular formula is C25H20ClF2NO5. The minimum atomic E-state index is -0.740. The molecule has 3 aliphatic carbocycles. The summed E-state index contributed by atoms with van der Waals surface area (Å²) in [6, 6.07) is 7.69. The number of Topliss-reactive ketones (excluding diaryl/α,β-unsaturated/α-hetero) is 1. The number of fused-ring (bicyclic) bond motifs is 1. The molecule has 0 atom stereocenters. The first-order chi connectivity index (χ1) is 16.1. The average molecular weight is 488 g/mol. The molecule has 34 heavy (non-hydrogen) atoms. The summed E-state index contributed by atoms with van der Waals surface area (Å²) in [6.07, 6.45) is 2.03. The van der Waals surface area contributed by atoms with Gasteiger partial charge >= 0.3 is 0 Å². The van der Waals surface area contributed by atoms with Gasteiger partial charge in [0.2, 0.25) is 0 Å². The van der Waals surface area contributed by atoms with Crippen molar-refractivity contribution < 1.29 is 27.5 Å². The van der Waals surface area contributed by atoms with Crippen LogP contribution in [0.5, 0.6) is 5.75 Å². The Hall–Kier alpha value is -3.26. The fraction of sp³-hybridized carbons (Fsp3) is 0.320. The van der Waals surface area contributed by atoms with Crippen molar-refractivity contribution >= 4 is 34.3 Å². The van der Waals surface area contributed by atoms with Crippen LogP contribution in [0.1, 0.15) is 41.8 Å². The zero-order valence-electron chi connectivity index (χ0n) is 18.2. The van der Waals surface area contributed by atoms with Crippen molar-refractivity contribution in [1.29, 1.82) is 0 Å². The van der Waals surface area contributed by atoms with E-state index in [1.165, 1.54) is 12.1 Å². The Kier molecular flexibility index (Phi) is 5.24. The van der Waals surface area contributed by atoms with E-state index in [9.17, 15) is 23.2 Å². The number of benzene rings is 2. The van der Waals surface area contributed by atoms with Crippen molar-refractivity contribution in [3.8, 4) is 5.75 Å². The van der Waals surface area contributed by atoms with Gasteiger partial charge in [-0.25, -0.2) is 8.78 Å². The molecule has 0 radical (unpaired) electrons. The maximum Gasteiger partial charge on any atom is 0.258 e. The molecule has 2 bridgehead atoms. The summed E-state index contributed by atoms with van der Waals surface area (Å²) >= 11 is 5.72. The highest BCUT2D eigenvalue weighted by molar-refractivity contribution is 6.31. The van der Waals surface area contributed by atoms with Crippen molar-refractivity contribution in [2.45, 2.75) is 38.1 Å². The van der Waals surface area contributed by atoms with Gasteiger partial charge in [0, 0.05) is 30.2 Å². The van der Waals surface area contributed by atoms with Gasteiger partial charge in [0.1, 0.15) is 23.0 Å². The average Bonchev–Trinajstić information content (AvgIpc) is 2.73. The molecule has 0 spiro atoms. The molecule has 176 valence electrons. The lowest BCUT2D eigenvalue weighted by Gasteiger charge is -2.70. The molecule has 6 nitrogen and oxygen atoms in total. The largest absolute Gasteiger partial charge is 0.484 e. The van der Waals surface area contributed by atoms with E-state index in [2.05, 4.69) is 5.32 Å². The molecule has 2 aromatic carbocycles. The van der Waals surface area contributed by atoms with Gasteiger partial charge in [-0.2, -0.15) is 0 Å². The lowest BCUT2D eigenvalue weighted by atomic mass is 9.38. The van der Waals surface area contributed by atoms with Crippen molar-refractivity contribution in [1.82, 2.24) is 5.32 Å². The van der Waals surface area contributed by atoms with Crippen molar-refractivity contribution in [3.05, 3.63) is 74.6 Å². The Morgan fingerprint density at radius 2 is 1.85 bits per heavy atom. The van der Waals surface area contributed by atoms with E-state index in [0.29, 0.717) is 24.8 Å². The molecule has 9 heteroatoms. The number of halogens is 3. The highest BCUT2D eigenvalue weighted by atomic mass is 35.5. The Morgan fingerprint density at radius 3 is 2.56 bits per heavy atom. The van der Waals surface area contributed by atoms with Crippen molar-refractivity contribution in [2.24, 2.45) is 5.41 Å². The highest BCUT2D eigenvalue weighted by Crippen LogP contribution is 2.69. The maximum atomic E-state index is 13.7. The fourth-order valence-electron chi connectivity index (χ4n) is 5.18. The molecule has 3 saturated carbocycles. The second-order valence-electron chi connectivity index (χ2n) is 9.40. The normalized spacial score (nSPS) is 22.6. The Bertz CT molecular complexity index is 1400. The van der Waals surface area contributed by atoms with Crippen molar-refractivity contribution in [3.63, 3.8) is 0 Å². The Labute approximate surface area is 197 Å². The number of nitrogens with one attached hydrogen (secondary N) is 1. The fourth-order valence-corrected chi connectivity index (χ4v) is 5.34. The quantitative estimate of drug-likeness (QED) is 0.487. The number of aryl methyl sites for hydroxylation is 1. The number of hydrogen-bond acceptors (Lipinski definition) is 5. The Morgan fingerprint density at radius 1 is 1.12 bits per heavy atom. The summed E-state index contributed by atoms with van der Waals surface area (Å²) in [5.41, 5.74) is -0.646. The second kappa shape index (κ2) is 7.91.